The number of nitrogens with one attached hydrogen (secondary N) is 1. The van der Waals surface area contributed by atoms with Crippen molar-refractivity contribution in [1.29, 1.82) is 0 Å². The number of thiazole rings is 1. The summed E-state index contributed by atoms with van der Waals surface area (Å²) >= 11 is 1.50. The summed E-state index contributed by atoms with van der Waals surface area (Å²) < 4.78 is 0. The van der Waals surface area contributed by atoms with Crippen LogP contribution in [0.1, 0.15) is 37.1 Å². The Morgan fingerprint density at radius 1 is 1.22 bits per heavy atom. The van der Waals surface area contributed by atoms with Crippen LogP contribution in [0, 0.1) is 0 Å². The number of aromatic nitrogens is 1. The number of amides is 1. The molecule has 0 aliphatic heterocycles. The number of carbonyl (C=O) groups is 1. The molecule has 1 heterocycles. The zero-order valence-corrected chi connectivity index (χ0v) is 13.9. The molecule has 1 aliphatic carbocycles. The molecule has 1 aromatic carbocycles. The first-order chi connectivity index (χ1) is 11.1. The Morgan fingerprint density at radius 2 is 1.96 bits per heavy atom. The Morgan fingerprint density at radius 3 is 2.70 bits per heavy atom. The lowest BCUT2D eigenvalue weighted by molar-refractivity contribution is -0.122. The van der Waals surface area contributed by atoms with Crippen LogP contribution in [-0.4, -0.2) is 28.1 Å². The van der Waals surface area contributed by atoms with Crippen molar-refractivity contribution in [2.75, 3.05) is 6.54 Å². The number of nitrogens with zero attached hydrogens (tertiary/aromatic N) is 1. The van der Waals surface area contributed by atoms with Gasteiger partial charge in [-0.3, -0.25) is 4.79 Å². The Balaban J connectivity index is 1.53. The van der Waals surface area contributed by atoms with E-state index in [1.54, 1.807) is 0 Å². The monoisotopic (exact) mass is 330 g/mol. The van der Waals surface area contributed by atoms with Gasteiger partial charge in [0.1, 0.15) is 5.01 Å². The maximum atomic E-state index is 12.1. The lowest BCUT2D eigenvalue weighted by Gasteiger charge is -2.32. The summed E-state index contributed by atoms with van der Waals surface area (Å²) in [6, 6.07) is 9.95. The first-order valence-electron chi connectivity index (χ1n) is 8.14. The fourth-order valence-corrected chi connectivity index (χ4v) is 3.79. The molecule has 122 valence electrons. The van der Waals surface area contributed by atoms with E-state index in [1.807, 2.05) is 35.7 Å². The summed E-state index contributed by atoms with van der Waals surface area (Å²) in [5.41, 5.74) is 1.25. The van der Waals surface area contributed by atoms with Crippen LogP contribution in [0.25, 0.3) is 11.3 Å². The number of hydrogen-bond acceptors (Lipinski definition) is 4. The molecule has 1 fully saturated rings. The maximum Gasteiger partial charge on any atom is 0.226 e. The molecular formula is C18H22N2O2S. The number of rotatable bonds is 5. The SMILES string of the molecule is O=C(Cc1nc(-c2ccccc2)cs1)NCC1(O)CCCCC1. The normalized spacial score (nSPS) is 16.9. The summed E-state index contributed by atoms with van der Waals surface area (Å²) in [5, 5.41) is 16.1. The van der Waals surface area contributed by atoms with E-state index in [-0.39, 0.29) is 12.3 Å². The lowest BCUT2D eigenvalue weighted by atomic mass is 9.85. The van der Waals surface area contributed by atoms with Gasteiger partial charge in [0, 0.05) is 17.5 Å². The van der Waals surface area contributed by atoms with E-state index in [0.29, 0.717) is 6.54 Å². The summed E-state index contributed by atoms with van der Waals surface area (Å²) in [6.45, 7) is 0.350. The Bertz CT molecular complexity index is 648. The quantitative estimate of drug-likeness (QED) is 0.885. The molecule has 23 heavy (non-hydrogen) atoms. The topological polar surface area (TPSA) is 62.2 Å². The molecule has 1 amide bonds. The van der Waals surface area contributed by atoms with E-state index in [1.165, 1.54) is 17.8 Å². The first-order valence-corrected chi connectivity index (χ1v) is 9.02. The Kier molecular flexibility index (Phi) is 5.08. The number of hydrogen-bond donors (Lipinski definition) is 2. The van der Waals surface area contributed by atoms with Crippen molar-refractivity contribution < 1.29 is 9.90 Å². The van der Waals surface area contributed by atoms with Gasteiger partial charge in [0.25, 0.3) is 0 Å². The van der Waals surface area contributed by atoms with E-state index in [0.717, 1.165) is 41.9 Å². The van der Waals surface area contributed by atoms with E-state index in [4.69, 9.17) is 0 Å². The lowest BCUT2D eigenvalue weighted by Crippen LogP contribution is -2.44. The van der Waals surface area contributed by atoms with Gasteiger partial charge in [0.2, 0.25) is 5.91 Å². The Labute approximate surface area is 140 Å². The van der Waals surface area contributed by atoms with Crippen LogP contribution in [0.15, 0.2) is 35.7 Å². The molecule has 1 aromatic heterocycles. The van der Waals surface area contributed by atoms with Gasteiger partial charge in [-0.15, -0.1) is 11.3 Å². The fourth-order valence-electron chi connectivity index (χ4n) is 2.98. The number of benzene rings is 1. The molecule has 0 atom stereocenters. The standard InChI is InChI=1S/C18H22N2O2S/c21-16(19-13-18(22)9-5-2-6-10-18)11-17-20-15(12-23-17)14-7-3-1-4-8-14/h1,3-4,7-8,12,22H,2,5-6,9-11,13H2,(H,19,21). The molecule has 0 bridgehead atoms. The van der Waals surface area contributed by atoms with Gasteiger partial charge in [-0.05, 0) is 12.8 Å². The molecule has 0 spiro atoms. The van der Waals surface area contributed by atoms with Crippen molar-refractivity contribution >= 4 is 17.2 Å². The molecule has 4 nitrogen and oxygen atoms in total. The molecule has 2 aromatic rings. The second-order valence-electron chi connectivity index (χ2n) is 6.23. The van der Waals surface area contributed by atoms with Crippen LogP contribution in [0.2, 0.25) is 0 Å². The van der Waals surface area contributed by atoms with Crippen molar-refractivity contribution in [2.24, 2.45) is 0 Å². The van der Waals surface area contributed by atoms with Crippen molar-refractivity contribution in [3.05, 3.63) is 40.7 Å². The Hall–Kier alpha value is -1.72. The third-order valence-corrected chi connectivity index (χ3v) is 5.18. The van der Waals surface area contributed by atoms with Crippen LogP contribution in [-0.2, 0) is 11.2 Å². The van der Waals surface area contributed by atoms with Crippen LogP contribution in [0.3, 0.4) is 0 Å². The molecule has 0 saturated heterocycles. The highest BCUT2D eigenvalue weighted by molar-refractivity contribution is 7.10. The smallest absolute Gasteiger partial charge is 0.226 e. The van der Waals surface area contributed by atoms with Gasteiger partial charge >= 0.3 is 0 Å². The van der Waals surface area contributed by atoms with Crippen molar-refractivity contribution in [3.63, 3.8) is 0 Å². The van der Waals surface area contributed by atoms with Gasteiger partial charge in [0.05, 0.1) is 17.7 Å². The maximum absolute atomic E-state index is 12.1. The molecule has 0 radical (unpaired) electrons. The third kappa shape index (κ3) is 4.39. The highest BCUT2D eigenvalue weighted by Crippen LogP contribution is 2.27. The van der Waals surface area contributed by atoms with Crippen molar-refractivity contribution in [2.45, 2.75) is 44.1 Å². The van der Waals surface area contributed by atoms with Gasteiger partial charge in [-0.25, -0.2) is 4.98 Å². The highest BCUT2D eigenvalue weighted by atomic mass is 32.1. The molecule has 2 N–H and O–H groups in total. The number of aliphatic hydroxyl groups is 1. The van der Waals surface area contributed by atoms with Gasteiger partial charge in [-0.2, -0.15) is 0 Å². The largest absolute Gasteiger partial charge is 0.388 e. The summed E-state index contributed by atoms with van der Waals surface area (Å²) in [6.07, 6.45) is 5.09. The zero-order chi connectivity index (χ0) is 16.1. The molecule has 1 saturated carbocycles. The minimum Gasteiger partial charge on any atom is -0.388 e. The second kappa shape index (κ2) is 7.23. The zero-order valence-electron chi connectivity index (χ0n) is 13.1. The molecule has 5 heteroatoms. The van der Waals surface area contributed by atoms with Crippen molar-refractivity contribution in [3.8, 4) is 11.3 Å². The van der Waals surface area contributed by atoms with Crippen LogP contribution in [0.5, 0.6) is 0 Å². The molecule has 3 rings (SSSR count). The molecule has 0 unspecified atom stereocenters. The predicted octanol–water partition coefficient (Wildman–Crippen LogP) is 3.16. The minimum absolute atomic E-state index is 0.0713. The average Bonchev–Trinajstić information content (AvgIpc) is 3.03. The molecular weight excluding hydrogens is 308 g/mol. The van der Waals surface area contributed by atoms with Crippen LogP contribution < -0.4 is 5.32 Å². The summed E-state index contributed by atoms with van der Waals surface area (Å²) in [7, 11) is 0. The molecule has 1 aliphatic rings. The second-order valence-corrected chi connectivity index (χ2v) is 7.17. The minimum atomic E-state index is -0.716. The number of carbonyl (C=O) groups excluding carboxylic acids is 1. The highest BCUT2D eigenvalue weighted by Gasteiger charge is 2.29. The van der Waals surface area contributed by atoms with Gasteiger partial charge in [0.15, 0.2) is 0 Å². The fraction of sp³-hybridized carbons (Fsp3) is 0.444. The van der Waals surface area contributed by atoms with Crippen LogP contribution >= 0.6 is 11.3 Å². The summed E-state index contributed by atoms with van der Waals surface area (Å²) in [4.78, 5) is 16.6. The van der Waals surface area contributed by atoms with E-state index < -0.39 is 5.60 Å². The predicted molar refractivity (Wildman–Crippen MR) is 92.3 cm³/mol. The van der Waals surface area contributed by atoms with E-state index in [9.17, 15) is 9.90 Å². The van der Waals surface area contributed by atoms with E-state index >= 15 is 0 Å². The first kappa shape index (κ1) is 16.1. The van der Waals surface area contributed by atoms with E-state index in [2.05, 4.69) is 10.3 Å². The summed E-state index contributed by atoms with van der Waals surface area (Å²) in [5.74, 6) is -0.0713. The van der Waals surface area contributed by atoms with Crippen molar-refractivity contribution in [1.82, 2.24) is 10.3 Å². The third-order valence-electron chi connectivity index (χ3n) is 4.33. The van der Waals surface area contributed by atoms with Gasteiger partial charge < -0.3 is 10.4 Å². The van der Waals surface area contributed by atoms with Gasteiger partial charge in [-0.1, -0.05) is 49.6 Å². The average molecular weight is 330 g/mol. The van der Waals surface area contributed by atoms with Crippen LogP contribution in [0.4, 0.5) is 0 Å².